The molecule has 32 heavy (non-hydrogen) atoms. The molecular weight excluding hydrogens is 421 g/mol. The molecule has 1 atom stereocenters. The van der Waals surface area contributed by atoms with E-state index in [9.17, 15) is 18.0 Å². The van der Waals surface area contributed by atoms with Gasteiger partial charge in [-0.3, -0.25) is 4.90 Å². The van der Waals surface area contributed by atoms with Gasteiger partial charge in [0.2, 0.25) is 0 Å². The standard InChI is InChI=1S/C23H27F3N4O2/c24-23(25,26)18-5-3-6-20(15-18)30-12-10-29(11-13-30)9-8-27-22(31)28-19-14-17-4-1-2-7-21(17)32-16-19/h1-7,15,19H,8-14,16H2,(H2,27,28,31)/t19-/m1/s1. The Morgan fingerprint density at radius 1 is 1.06 bits per heavy atom. The number of piperazine rings is 1. The Kier molecular flexibility index (Phi) is 6.74. The van der Waals surface area contributed by atoms with E-state index < -0.39 is 11.7 Å². The molecule has 0 aliphatic carbocycles. The number of halogens is 3. The SMILES string of the molecule is O=C(NCCN1CCN(c2cccc(C(F)(F)F)c2)CC1)N[C@H]1COc2ccccc2C1. The number of nitrogens with zero attached hydrogens (tertiary/aromatic N) is 2. The van der Waals surface area contributed by atoms with Crippen molar-refractivity contribution in [2.24, 2.45) is 0 Å². The number of hydrogen-bond donors (Lipinski definition) is 2. The summed E-state index contributed by atoms with van der Waals surface area (Å²) in [6.07, 6.45) is -3.60. The third-order valence-electron chi connectivity index (χ3n) is 5.84. The first-order valence-electron chi connectivity index (χ1n) is 10.8. The number of carbonyl (C=O) groups is 1. The van der Waals surface area contributed by atoms with E-state index in [1.165, 1.54) is 12.1 Å². The summed E-state index contributed by atoms with van der Waals surface area (Å²) < 4.78 is 44.5. The fourth-order valence-electron chi connectivity index (χ4n) is 4.09. The summed E-state index contributed by atoms with van der Waals surface area (Å²) in [5, 5.41) is 5.83. The highest BCUT2D eigenvalue weighted by Gasteiger charge is 2.31. The van der Waals surface area contributed by atoms with Crippen molar-refractivity contribution in [1.82, 2.24) is 15.5 Å². The van der Waals surface area contributed by atoms with E-state index in [0.717, 1.165) is 36.9 Å². The second kappa shape index (κ2) is 9.68. The van der Waals surface area contributed by atoms with Crippen LogP contribution in [0.5, 0.6) is 5.75 Å². The van der Waals surface area contributed by atoms with Crippen LogP contribution in [0.2, 0.25) is 0 Å². The van der Waals surface area contributed by atoms with Crippen molar-refractivity contribution in [2.75, 3.05) is 50.8 Å². The maximum absolute atomic E-state index is 12.9. The Balaban J connectivity index is 1.16. The molecule has 9 heteroatoms. The van der Waals surface area contributed by atoms with Crippen LogP contribution in [0.3, 0.4) is 0 Å². The molecule has 172 valence electrons. The lowest BCUT2D eigenvalue weighted by molar-refractivity contribution is -0.137. The van der Waals surface area contributed by atoms with Crippen molar-refractivity contribution in [3.63, 3.8) is 0 Å². The molecule has 1 saturated heterocycles. The molecule has 2 aliphatic rings. The van der Waals surface area contributed by atoms with Crippen LogP contribution < -0.4 is 20.3 Å². The third kappa shape index (κ3) is 5.64. The zero-order valence-corrected chi connectivity index (χ0v) is 17.7. The van der Waals surface area contributed by atoms with Crippen molar-refractivity contribution in [2.45, 2.75) is 18.6 Å². The molecule has 0 radical (unpaired) electrons. The molecule has 1 fully saturated rings. The van der Waals surface area contributed by atoms with E-state index in [-0.39, 0.29) is 12.1 Å². The Bertz CT molecular complexity index is 929. The average molecular weight is 448 g/mol. The second-order valence-electron chi connectivity index (χ2n) is 8.10. The summed E-state index contributed by atoms with van der Waals surface area (Å²) in [4.78, 5) is 16.4. The van der Waals surface area contributed by atoms with Crippen molar-refractivity contribution in [3.05, 3.63) is 59.7 Å². The molecule has 0 aromatic heterocycles. The van der Waals surface area contributed by atoms with E-state index in [0.29, 0.717) is 38.5 Å². The van der Waals surface area contributed by atoms with Gasteiger partial charge in [-0.2, -0.15) is 13.2 Å². The van der Waals surface area contributed by atoms with Gasteiger partial charge in [0.25, 0.3) is 0 Å². The number of nitrogens with one attached hydrogen (secondary N) is 2. The number of anilines is 1. The molecule has 0 unspecified atom stereocenters. The molecule has 2 aromatic carbocycles. The van der Waals surface area contributed by atoms with Gasteiger partial charge in [-0.15, -0.1) is 0 Å². The highest BCUT2D eigenvalue weighted by molar-refractivity contribution is 5.74. The van der Waals surface area contributed by atoms with Crippen LogP contribution in [0.15, 0.2) is 48.5 Å². The molecule has 2 heterocycles. The number of fused-ring (bicyclic) bond motifs is 1. The number of rotatable bonds is 5. The molecule has 2 aliphatic heterocycles. The number of ether oxygens (including phenoxy) is 1. The first-order valence-corrected chi connectivity index (χ1v) is 10.8. The fraction of sp³-hybridized carbons (Fsp3) is 0.435. The fourth-order valence-corrected chi connectivity index (χ4v) is 4.09. The zero-order chi connectivity index (χ0) is 22.6. The van der Waals surface area contributed by atoms with Gasteiger partial charge in [-0.25, -0.2) is 4.79 Å². The Labute approximate surface area is 185 Å². The molecule has 0 saturated carbocycles. The van der Waals surface area contributed by atoms with Crippen LogP contribution >= 0.6 is 0 Å². The van der Waals surface area contributed by atoms with Crippen molar-refractivity contribution < 1.29 is 22.7 Å². The topological polar surface area (TPSA) is 56.8 Å². The zero-order valence-electron chi connectivity index (χ0n) is 17.7. The molecular formula is C23H27F3N4O2. The number of alkyl halides is 3. The smallest absolute Gasteiger partial charge is 0.416 e. The second-order valence-corrected chi connectivity index (χ2v) is 8.10. The van der Waals surface area contributed by atoms with Gasteiger partial charge in [0.05, 0.1) is 11.6 Å². The molecule has 0 spiro atoms. The molecule has 0 bridgehead atoms. The summed E-state index contributed by atoms with van der Waals surface area (Å²) in [5.41, 5.74) is 1.05. The number of carbonyl (C=O) groups excluding carboxylic acids is 1. The number of para-hydroxylation sites is 1. The van der Waals surface area contributed by atoms with Crippen molar-refractivity contribution in [1.29, 1.82) is 0 Å². The van der Waals surface area contributed by atoms with Crippen LogP contribution in [0.1, 0.15) is 11.1 Å². The van der Waals surface area contributed by atoms with Crippen LogP contribution in [0.4, 0.5) is 23.7 Å². The first-order chi connectivity index (χ1) is 15.4. The summed E-state index contributed by atoms with van der Waals surface area (Å²) in [7, 11) is 0. The van der Waals surface area contributed by atoms with E-state index in [1.54, 1.807) is 6.07 Å². The molecule has 2 aromatic rings. The molecule has 4 rings (SSSR count). The number of amides is 2. The lowest BCUT2D eigenvalue weighted by Gasteiger charge is -2.36. The van der Waals surface area contributed by atoms with Gasteiger partial charge in [-0.05, 0) is 36.2 Å². The van der Waals surface area contributed by atoms with Crippen LogP contribution in [0, 0.1) is 0 Å². The predicted molar refractivity (Wildman–Crippen MR) is 116 cm³/mol. The van der Waals surface area contributed by atoms with Gasteiger partial charge in [0.1, 0.15) is 12.4 Å². The summed E-state index contributed by atoms with van der Waals surface area (Å²) in [6, 6.07) is 13.0. The Hall–Kier alpha value is -2.94. The van der Waals surface area contributed by atoms with E-state index in [2.05, 4.69) is 15.5 Å². The van der Waals surface area contributed by atoms with Crippen LogP contribution in [-0.4, -0.2) is 62.8 Å². The number of hydrogen-bond acceptors (Lipinski definition) is 4. The quantitative estimate of drug-likeness (QED) is 0.738. The molecule has 2 N–H and O–H groups in total. The van der Waals surface area contributed by atoms with Crippen LogP contribution in [0.25, 0.3) is 0 Å². The number of urea groups is 1. The first kappa shape index (κ1) is 22.3. The van der Waals surface area contributed by atoms with Gasteiger partial charge >= 0.3 is 12.2 Å². The predicted octanol–water partition coefficient (Wildman–Crippen LogP) is 3.13. The van der Waals surface area contributed by atoms with Crippen LogP contribution in [-0.2, 0) is 12.6 Å². The Morgan fingerprint density at radius 2 is 1.84 bits per heavy atom. The van der Waals surface area contributed by atoms with Gasteiger partial charge < -0.3 is 20.3 Å². The molecule has 6 nitrogen and oxygen atoms in total. The third-order valence-corrected chi connectivity index (χ3v) is 5.84. The lowest BCUT2D eigenvalue weighted by atomic mass is 10.0. The lowest BCUT2D eigenvalue weighted by Crippen LogP contribution is -2.51. The van der Waals surface area contributed by atoms with E-state index in [1.807, 2.05) is 29.2 Å². The minimum atomic E-state index is -4.34. The highest BCUT2D eigenvalue weighted by Crippen LogP contribution is 2.31. The normalized spacial score (nSPS) is 19.1. The highest BCUT2D eigenvalue weighted by atomic mass is 19.4. The minimum Gasteiger partial charge on any atom is -0.491 e. The van der Waals surface area contributed by atoms with Crippen molar-refractivity contribution >= 4 is 11.7 Å². The maximum atomic E-state index is 12.9. The van der Waals surface area contributed by atoms with E-state index in [4.69, 9.17) is 4.74 Å². The molecule has 2 amide bonds. The van der Waals surface area contributed by atoms with E-state index >= 15 is 0 Å². The summed E-state index contributed by atoms with van der Waals surface area (Å²) >= 11 is 0. The van der Waals surface area contributed by atoms with Gasteiger partial charge in [0, 0.05) is 45.0 Å². The number of benzene rings is 2. The van der Waals surface area contributed by atoms with Gasteiger partial charge in [0.15, 0.2) is 0 Å². The summed E-state index contributed by atoms with van der Waals surface area (Å²) in [5.74, 6) is 0.871. The Morgan fingerprint density at radius 3 is 2.62 bits per heavy atom. The van der Waals surface area contributed by atoms with Gasteiger partial charge in [-0.1, -0.05) is 24.3 Å². The monoisotopic (exact) mass is 448 g/mol. The minimum absolute atomic E-state index is 0.0686. The maximum Gasteiger partial charge on any atom is 0.416 e. The van der Waals surface area contributed by atoms with Crippen molar-refractivity contribution in [3.8, 4) is 5.75 Å². The summed E-state index contributed by atoms with van der Waals surface area (Å²) in [6.45, 7) is 4.38. The average Bonchev–Trinajstić information content (AvgIpc) is 2.79. The largest absolute Gasteiger partial charge is 0.491 e.